The fourth-order valence-electron chi connectivity index (χ4n) is 3.18. The van der Waals surface area contributed by atoms with Crippen molar-refractivity contribution in [1.82, 2.24) is 15.0 Å². The Balaban J connectivity index is 1.89. The molecule has 2 heterocycles. The van der Waals surface area contributed by atoms with E-state index >= 15 is 0 Å². The summed E-state index contributed by atoms with van der Waals surface area (Å²) in [6.45, 7) is 3.14. The van der Waals surface area contributed by atoms with Gasteiger partial charge in [-0.1, -0.05) is 55.3 Å². The average molecular weight is 341 g/mol. The van der Waals surface area contributed by atoms with Crippen LogP contribution in [0, 0.1) is 0 Å². The zero-order valence-corrected chi connectivity index (χ0v) is 14.6. The van der Waals surface area contributed by atoms with E-state index in [1.54, 1.807) is 16.8 Å². The minimum Gasteiger partial charge on any atom is -0.355 e. The molecule has 1 saturated heterocycles. The fourth-order valence-corrected chi connectivity index (χ4v) is 3.18. The predicted octanol–water partition coefficient (Wildman–Crippen LogP) is 2.81. The van der Waals surface area contributed by atoms with Crippen LogP contribution in [0.15, 0.2) is 41.1 Å². The molecule has 2 aromatic rings. The summed E-state index contributed by atoms with van der Waals surface area (Å²) in [5.41, 5.74) is 1.21. The lowest BCUT2D eigenvalue weighted by Crippen LogP contribution is -2.57. The normalized spacial score (nSPS) is 17.8. The number of carbonyl (C=O) groups is 2. The highest BCUT2D eigenvalue weighted by Crippen LogP contribution is 2.26. The van der Waals surface area contributed by atoms with Crippen LogP contribution in [0.1, 0.15) is 36.5 Å². The van der Waals surface area contributed by atoms with Crippen molar-refractivity contribution in [2.45, 2.75) is 32.2 Å². The van der Waals surface area contributed by atoms with Crippen LogP contribution in [0.25, 0.3) is 11.3 Å². The van der Waals surface area contributed by atoms with Crippen molar-refractivity contribution in [1.29, 1.82) is 0 Å². The van der Waals surface area contributed by atoms with Gasteiger partial charge in [0.1, 0.15) is 11.6 Å². The van der Waals surface area contributed by atoms with E-state index in [2.05, 4.69) is 12.1 Å². The molecule has 1 aromatic carbocycles. The molecule has 0 aliphatic carbocycles. The summed E-state index contributed by atoms with van der Waals surface area (Å²) in [6, 6.07) is 9.01. The number of rotatable bonds is 5. The first-order chi connectivity index (χ1) is 12.1. The maximum atomic E-state index is 13.1. The molecular weight excluding hydrogens is 318 g/mol. The predicted molar refractivity (Wildman–Crippen MR) is 93.9 cm³/mol. The summed E-state index contributed by atoms with van der Waals surface area (Å²) < 4.78 is 5.33. The third kappa shape index (κ3) is 3.43. The molecule has 1 atom stereocenters. The summed E-state index contributed by atoms with van der Waals surface area (Å²) in [5.74, 6) is 0.264. The molecule has 25 heavy (non-hydrogen) atoms. The maximum absolute atomic E-state index is 13.1. The van der Waals surface area contributed by atoms with Crippen LogP contribution in [0.3, 0.4) is 0 Å². The number of unbranched alkanes of at least 4 members (excludes halogenated alkanes) is 1. The molecule has 1 fully saturated rings. The minimum absolute atomic E-state index is 0.00534. The van der Waals surface area contributed by atoms with Gasteiger partial charge in [0.05, 0.1) is 6.20 Å². The third-order valence-corrected chi connectivity index (χ3v) is 4.64. The Hall–Kier alpha value is -2.63. The van der Waals surface area contributed by atoms with Gasteiger partial charge in [0.15, 0.2) is 5.76 Å². The van der Waals surface area contributed by atoms with E-state index < -0.39 is 6.04 Å². The number of hydrogen-bond donors (Lipinski definition) is 0. The lowest BCUT2D eigenvalue weighted by atomic mass is 10.0. The molecule has 1 unspecified atom stereocenters. The van der Waals surface area contributed by atoms with Crippen LogP contribution in [0.2, 0.25) is 0 Å². The standard InChI is InChI=1S/C19H23N3O3/c1-3-4-10-16-19(24)21(2)11-12-22(16)18(23)15-13-20-25-17(15)14-8-6-5-7-9-14/h5-9,13,16H,3-4,10-12H2,1-2H3. The number of piperazine rings is 1. The van der Waals surface area contributed by atoms with Crippen LogP contribution < -0.4 is 0 Å². The van der Waals surface area contributed by atoms with Crippen LogP contribution >= 0.6 is 0 Å². The summed E-state index contributed by atoms with van der Waals surface area (Å²) in [4.78, 5) is 29.1. The number of amides is 2. The highest BCUT2D eigenvalue weighted by atomic mass is 16.5. The van der Waals surface area contributed by atoms with Gasteiger partial charge in [-0.05, 0) is 6.42 Å². The summed E-state index contributed by atoms with van der Waals surface area (Å²) in [7, 11) is 1.79. The van der Waals surface area contributed by atoms with Crippen molar-refractivity contribution in [3.8, 4) is 11.3 Å². The zero-order valence-electron chi connectivity index (χ0n) is 14.6. The number of likely N-dealkylation sites (N-methyl/N-ethyl adjacent to an activating group) is 1. The van der Waals surface area contributed by atoms with Gasteiger partial charge in [-0.15, -0.1) is 0 Å². The number of hydrogen-bond acceptors (Lipinski definition) is 4. The molecule has 6 nitrogen and oxygen atoms in total. The molecule has 0 spiro atoms. The van der Waals surface area contributed by atoms with Crippen molar-refractivity contribution >= 4 is 11.8 Å². The van der Waals surface area contributed by atoms with Crippen molar-refractivity contribution in [3.05, 3.63) is 42.1 Å². The topological polar surface area (TPSA) is 66.7 Å². The Kier molecular flexibility index (Phi) is 5.16. The lowest BCUT2D eigenvalue weighted by molar-refractivity contribution is -0.138. The Morgan fingerprint density at radius 2 is 2.04 bits per heavy atom. The molecule has 6 heteroatoms. The number of aromatic nitrogens is 1. The van der Waals surface area contributed by atoms with Crippen molar-refractivity contribution < 1.29 is 14.1 Å². The maximum Gasteiger partial charge on any atom is 0.260 e. The van der Waals surface area contributed by atoms with Gasteiger partial charge in [0.25, 0.3) is 5.91 Å². The molecule has 2 amide bonds. The summed E-state index contributed by atoms with van der Waals surface area (Å²) in [6.07, 6.45) is 4.02. The molecule has 0 bridgehead atoms. The van der Waals surface area contributed by atoms with Gasteiger partial charge in [-0.25, -0.2) is 0 Å². The molecule has 0 radical (unpaired) electrons. The highest BCUT2D eigenvalue weighted by molar-refractivity contribution is 6.01. The molecule has 1 aliphatic rings. The van der Waals surface area contributed by atoms with Crippen molar-refractivity contribution in [2.75, 3.05) is 20.1 Å². The van der Waals surface area contributed by atoms with E-state index in [9.17, 15) is 9.59 Å². The minimum atomic E-state index is -0.412. The SMILES string of the molecule is CCCCC1C(=O)N(C)CCN1C(=O)c1cnoc1-c1ccccc1. The van der Waals surface area contributed by atoms with Crippen LogP contribution in [-0.2, 0) is 4.79 Å². The molecule has 1 aliphatic heterocycles. The third-order valence-electron chi connectivity index (χ3n) is 4.64. The second-order valence-corrected chi connectivity index (χ2v) is 6.35. The fraction of sp³-hybridized carbons (Fsp3) is 0.421. The van der Waals surface area contributed by atoms with E-state index in [-0.39, 0.29) is 11.8 Å². The molecule has 3 rings (SSSR count). The van der Waals surface area contributed by atoms with E-state index in [0.29, 0.717) is 30.8 Å². The van der Waals surface area contributed by atoms with Gasteiger partial charge in [0, 0.05) is 25.7 Å². The number of carbonyl (C=O) groups excluding carboxylic acids is 2. The summed E-state index contributed by atoms with van der Waals surface area (Å²) >= 11 is 0. The monoisotopic (exact) mass is 341 g/mol. The Labute approximate surface area is 147 Å². The summed E-state index contributed by atoms with van der Waals surface area (Å²) in [5, 5.41) is 3.82. The Morgan fingerprint density at radius 3 is 2.76 bits per heavy atom. The second kappa shape index (κ2) is 7.51. The first-order valence-corrected chi connectivity index (χ1v) is 8.69. The molecule has 1 aromatic heterocycles. The molecular formula is C19H23N3O3. The van der Waals surface area contributed by atoms with Gasteiger partial charge in [-0.2, -0.15) is 0 Å². The van der Waals surface area contributed by atoms with Crippen LogP contribution in [0.5, 0.6) is 0 Å². The Morgan fingerprint density at radius 1 is 1.28 bits per heavy atom. The smallest absolute Gasteiger partial charge is 0.260 e. The van der Waals surface area contributed by atoms with Gasteiger partial charge in [0.2, 0.25) is 5.91 Å². The quantitative estimate of drug-likeness (QED) is 0.839. The molecule has 0 N–H and O–H groups in total. The zero-order chi connectivity index (χ0) is 17.8. The van der Waals surface area contributed by atoms with Crippen LogP contribution in [-0.4, -0.2) is 52.9 Å². The van der Waals surface area contributed by atoms with E-state index in [0.717, 1.165) is 18.4 Å². The molecule has 0 saturated carbocycles. The average Bonchev–Trinajstić information content (AvgIpc) is 3.13. The van der Waals surface area contributed by atoms with Gasteiger partial charge < -0.3 is 14.3 Å². The van der Waals surface area contributed by atoms with Gasteiger partial charge in [-0.3, -0.25) is 9.59 Å². The first kappa shape index (κ1) is 17.2. The molecule has 132 valence electrons. The lowest BCUT2D eigenvalue weighted by Gasteiger charge is -2.39. The Bertz CT molecular complexity index is 741. The van der Waals surface area contributed by atoms with Crippen molar-refractivity contribution in [2.24, 2.45) is 0 Å². The highest BCUT2D eigenvalue weighted by Gasteiger charge is 2.37. The van der Waals surface area contributed by atoms with E-state index in [1.165, 1.54) is 6.20 Å². The van der Waals surface area contributed by atoms with E-state index in [4.69, 9.17) is 4.52 Å². The first-order valence-electron chi connectivity index (χ1n) is 8.69. The second-order valence-electron chi connectivity index (χ2n) is 6.35. The number of nitrogens with zero attached hydrogens (tertiary/aromatic N) is 3. The number of benzene rings is 1. The van der Waals surface area contributed by atoms with E-state index in [1.807, 2.05) is 30.3 Å². The largest absolute Gasteiger partial charge is 0.355 e. The van der Waals surface area contributed by atoms with Crippen LogP contribution in [0.4, 0.5) is 0 Å². The van der Waals surface area contributed by atoms with Gasteiger partial charge >= 0.3 is 0 Å². The van der Waals surface area contributed by atoms with Crippen molar-refractivity contribution in [3.63, 3.8) is 0 Å².